The number of hydrogen-bond acceptors (Lipinski definition) is 6. The molecule has 0 aliphatic heterocycles. The number of imidazole rings is 1. The lowest BCUT2D eigenvalue weighted by Gasteiger charge is -2.08. The quantitative estimate of drug-likeness (QED) is 0.447. The van der Waals surface area contributed by atoms with Crippen LogP contribution in [-0.2, 0) is 10.0 Å². The first-order chi connectivity index (χ1) is 13.9. The fourth-order valence-corrected chi connectivity index (χ4v) is 3.69. The normalized spacial score (nSPS) is 11.7. The molecule has 0 amide bonds. The third kappa shape index (κ3) is 3.73. The summed E-state index contributed by atoms with van der Waals surface area (Å²) >= 11 is 5.89. The Kier molecular flexibility index (Phi) is 4.82. The van der Waals surface area contributed by atoms with Gasteiger partial charge in [-0.2, -0.15) is 0 Å². The molecule has 4 aromatic rings. The van der Waals surface area contributed by atoms with Gasteiger partial charge in [-0.25, -0.2) is 32.5 Å². The Morgan fingerprint density at radius 2 is 1.83 bits per heavy atom. The number of hydrogen-bond donors (Lipinski definition) is 3. The van der Waals surface area contributed by atoms with Crippen molar-refractivity contribution in [3.63, 3.8) is 0 Å². The Bertz CT molecular complexity index is 1360. The number of sulfonamides is 1. The van der Waals surface area contributed by atoms with Gasteiger partial charge in [-0.15, -0.1) is 0 Å². The second kappa shape index (κ2) is 7.32. The molecule has 0 saturated heterocycles. The van der Waals surface area contributed by atoms with Crippen molar-refractivity contribution in [1.29, 1.82) is 0 Å². The Morgan fingerprint density at radius 1 is 1.07 bits per heavy atom. The van der Waals surface area contributed by atoms with Gasteiger partial charge in [-0.3, -0.25) is 0 Å². The maximum absolute atomic E-state index is 12.5. The first-order valence-corrected chi connectivity index (χ1v) is 10.3. The van der Waals surface area contributed by atoms with Gasteiger partial charge in [0, 0.05) is 16.8 Å². The summed E-state index contributed by atoms with van der Waals surface area (Å²) in [5.74, 6) is 0.740. The van der Waals surface area contributed by atoms with E-state index in [1.54, 1.807) is 30.3 Å². The number of aromatic amines is 1. The van der Waals surface area contributed by atoms with Crippen LogP contribution in [0.4, 0.5) is 11.5 Å². The summed E-state index contributed by atoms with van der Waals surface area (Å²) in [5.41, 5.74) is 1.17. The van der Waals surface area contributed by atoms with E-state index in [4.69, 9.17) is 11.6 Å². The Morgan fingerprint density at radius 3 is 2.55 bits per heavy atom. The highest BCUT2D eigenvalue weighted by atomic mass is 35.5. The molecule has 2 heterocycles. The van der Waals surface area contributed by atoms with Gasteiger partial charge in [0.25, 0.3) is 0 Å². The maximum Gasteiger partial charge on any atom is 0.332 e. The Hall–Kier alpha value is -3.21. The number of benzene rings is 2. The van der Waals surface area contributed by atoms with Gasteiger partial charge < -0.3 is 10.3 Å². The topological polar surface area (TPSA) is 122 Å². The smallest absolute Gasteiger partial charge is 0.332 e. The second-order valence-corrected chi connectivity index (χ2v) is 8.37. The molecule has 0 unspecified atom stereocenters. The molecule has 0 saturated carbocycles. The summed E-state index contributed by atoms with van der Waals surface area (Å²) in [6, 6.07) is 13.0. The van der Waals surface area contributed by atoms with Crippen LogP contribution >= 0.6 is 11.6 Å². The van der Waals surface area contributed by atoms with E-state index in [0.29, 0.717) is 21.9 Å². The molecule has 4 rings (SSSR count). The molecule has 0 spiro atoms. The molecule has 2 aromatic heterocycles. The number of nitrogens with one attached hydrogen (secondary N) is 3. The number of halogens is 1. The highest BCUT2D eigenvalue weighted by molar-refractivity contribution is 7.89. The lowest BCUT2D eigenvalue weighted by atomic mass is 10.3. The first kappa shape index (κ1) is 19.1. The van der Waals surface area contributed by atoms with E-state index < -0.39 is 15.7 Å². The molecule has 0 fully saturated rings. The highest BCUT2D eigenvalue weighted by Gasteiger charge is 2.16. The van der Waals surface area contributed by atoms with E-state index in [9.17, 15) is 13.2 Å². The molecule has 0 aliphatic rings. The number of nitrogens with zero attached hydrogens (tertiary/aromatic N) is 3. The second-order valence-electron chi connectivity index (χ2n) is 6.05. The first-order valence-electron chi connectivity index (χ1n) is 8.41. The predicted molar refractivity (Wildman–Crippen MR) is 110 cm³/mol. The summed E-state index contributed by atoms with van der Waals surface area (Å²) in [4.78, 5) is 23.6. The lowest BCUT2D eigenvalue weighted by Crippen LogP contribution is -2.19. The molecule has 29 heavy (non-hydrogen) atoms. The van der Waals surface area contributed by atoms with Gasteiger partial charge in [-0.05, 0) is 49.5 Å². The molecule has 3 N–H and O–H groups in total. The van der Waals surface area contributed by atoms with Gasteiger partial charge in [0.2, 0.25) is 10.0 Å². The van der Waals surface area contributed by atoms with Crippen LogP contribution < -0.4 is 15.7 Å². The van der Waals surface area contributed by atoms with Crippen molar-refractivity contribution in [2.45, 2.75) is 4.90 Å². The van der Waals surface area contributed by atoms with Gasteiger partial charge in [0.1, 0.15) is 18.0 Å². The van der Waals surface area contributed by atoms with Crippen LogP contribution in [0.3, 0.4) is 0 Å². The average molecular weight is 431 g/mol. The molecule has 0 aliphatic carbocycles. The van der Waals surface area contributed by atoms with Crippen molar-refractivity contribution in [2.75, 3.05) is 12.4 Å². The lowest BCUT2D eigenvalue weighted by molar-refractivity contribution is 0.588. The van der Waals surface area contributed by atoms with E-state index in [0.717, 1.165) is 5.69 Å². The number of aromatic nitrogens is 4. The van der Waals surface area contributed by atoms with Crippen molar-refractivity contribution >= 4 is 44.2 Å². The van der Waals surface area contributed by atoms with Crippen molar-refractivity contribution in [1.82, 2.24) is 24.2 Å². The molecule has 148 valence electrons. The highest BCUT2D eigenvalue weighted by Crippen LogP contribution is 2.21. The van der Waals surface area contributed by atoms with Crippen molar-refractivity contribution in [3.8, 4) is 5.82 Å². The standard InChI is InChI=1S/C18H15ClN6O3S/c1-20-29(27,28)13-6-7-14-15(8-13)25(18(26)24-14)17-9-16(21-10-22-17)23-12-4-2-11(19)3-5-12/h2-10,20H,1H3,(H,24,26)(H,21,22,23). The summed E-state index contributed by atoms with van der Waals surface area (Å²) in [5, 5.41) is 3.71. The SMILES string of the molecule is CNS(=O)(=O)c1ccc2[nH]c(=O)n(-c3cc(Nc4ccc(Cl)cc4)ncn3)c2c1. The van der Waals surface area contributed by atoms with Crippen LogP contribution in [0.5, 0.6) is 0 Å². The molecule has 9 nitrogen and oxygen atoms in total. The van der Waals surface area contributed by atoms with Crippen LogP contribution in [0.15, 0.2) is 64.5 Å². The molecule has 2 aromatic carbocycles. The fourth-order valence-electron chi connectivity index (χ4n) is 2.81. The van der Waals surface area contributed by atoms with Crippen LogP contribution in [0.2, 0.25) is 5.02 Å². The summed E-state index contributed by atoms with van der Waals surface area (Å²) in [6.45, 7) is 0. The van der Waals surface area contributed by atoms with E-state index in [1.807, 2.05) is 0 Å². The summed E-state index contributed by atoms with van der Waals surface area (Å²) < 4.78 is 27.8. The minimum atomic E-state index is -3.67. The van der Waals surface area contributed by atoms with Crippen LogP contribution in [0, 0.1) is 0 Å². The third-order valence-corrected chi connectivity index (χ3v) is 5.90. The minimum Gasteiger partial charge on any atom is -0.340 e. The van der Waals surface area contributed by atoms with Gasteiger partial charge in [0.15, 0.2) is 0 Å². The van der Waals surface area contributed by atoms with Crippen molar-refractivity contribution in [2.24, 2.45) is 0 Å². The van der Waals surface area contributed by atoms with Gasteiger partial charge >= 0.3 is 5.69 Å². The molecular weight excluding hydrogens is 416 g/mol. The summed E-state index contributed by atoms with van der Waals surface area (Å²) in [6.07, 6.45) is 1.31. The zero-order valence-electron chi connectivity index (χ0n) is 15.0. The Labute approximate surface area is 170 Å². The number of H-pyrrole nitrogens is 1. The van der Waals surface area contributed by atoms with Crippen LogP contribution in [0.25, 0.3) is 16.9 Å². The largest absolute Gasteiger partial charge is 0.340 e. The van der Waals surface area contributed by atoms with E-state index in [-0.39, 0.29) is 10.7 Å². The molecule has 11 heteroatoms. The zero-order chi connectivity index (χ0) is 20.6. The number of anilines is 2. The van der Waals surface area contributed by atoms with E-state index in [2.05, 4.69) is 25.0 Å². The maximum atomic E-state index is 12.5. The average Bonchev–Trinajstić information content (AvgIpc) is 3.05. The van der Waals surface area contributed by atoms with Crippen molar-refractivity contribution in [3.05, 3.63) is 70.4 Å². The fraction of sp³-hybridized carbons (Fsp3) is 0.0556. The van der Waals surface area contributed by atoms with Crippen LogP contribution in [-0.4, -0.2) is 35.0 Å². The molecule has 0 bridgehead atoms. The van der Waals surface area contributed by atoms with Gasteiger partial charge in [-0.1, -0.05) is 11.6 Å². The molecule has 0 atom stereocenters. The monoisotopic (exact) mass is 430 g/mol. The predicted octanol–water partition coefficient (Wildman–Crippen LogP) is 2.41. The van der Waals surface area contributed by atoms with Crippen molar-refractivity contribution < 1.29 is 8.42 Å². The molecule has 0 radical (unpaired) electrons. The third-order valence-electron chi connectivity index (χ3n) is 4.23. The van der Waals surface area contributed by atoms with E-state index >= 15 is 0 Å². The number of rotatable bonds is 5. The minimum absolute atomic E-state index is 0.0359. The van der Waals surface area contributed by atoms with Gasteiger partial charge in [0.05, 0.1) is 15.9 Å². The molecular formula is C18H15ClN6O3S. The summed E-state index contributed by atoms with van der Waals surface area (Å²) in [7, 11) is -2.34. The van der Waals surface area contributed by atoms with E-state index in [1.165, 1.54) is 36.1 Å². The number of fused-ring (bicyclic) bond motifs is 1. The zero-order valence-corrected chi connectivity index (χ0v) is 16.6. The van der Waals surface area contributed by atoms with Crippen LogP contribution in [0.1, 0.15) is 0 Å². The Balaban J connectivity index is 1.80.